The van der Waals surface area contributed by atoms with Crippen molar-refractivity contribution < 1.29 is 32.3 Å². The molecule has 0 spiro atoms. The lowest BCUT2D eigenvalue weighted by atomic mass is 9.85. The molecule has 8 rings (SSSR count). The Balaban J connectivity index is 0.867. The first-order valence-corrected chi connectivity index (χ1v) is 18.3. The number of imide groups is 1. The summed E-state index contributed by atoms with van der Waals surface area (Å²) >= 11 is 0. The van der Waals surface area contributed by atoms with Crippen LogP contribution in [0.1, 0.15) is 54.3 Å². The van der Waals surface area contributed by atoms with Gasteiger partial charge in [0.05, 0.1) is 35.6 Å². The Bertz CT molecular complexity index is 2260. The van der Waals surface area contributed by atoms with E-state index in [0.29, 0.717) is 28.7 Å². The van der Waals surface area contributed by atoms with Crippen LogP contribution in [0.5, 0.6) is 5.75 Å². The number of carbonyl (C=O) groups is 3. The monoisotopic (exact) mass is 756 g/mol. The minimum absolute atomic E-state index is 0.216. The number of hydrogen-bond donors (Lipinski definition) is 2. The van der Waals surface area contributed by atoms with Crippen molar-refractivity contribution >= 4 is 56.8 Å². The van der Waals surface area contributed by atoms with E-state index in [1.807, 2.05) is 23.0 Å². The van der Waals surface area contributed by atoms with E-state index in [0.717, 1.165) is 92.5 Å². The number of pyridine rings is 1. The van der Waals surface area contributed by atoms with Crippen molar-refractivity contribution in [3.63, 3.8) is 0 Å². The van der Waals surface area contributed by atoms with Gasteiger partial charge in [0.25, 0.3) is 5.91 Å². The molecule has 14 nitrogen and oxygen atoms in total. The van der Waals surface area contributed by atoms with Crippen LogP contribution >= 0.6 is 0 Å². The van der Waals surface area contributed by atoms with Gasteiger partial charge in [0.1, 0.15) is 29.3 Å². The molecule has 3 aromatic heterocycles. The fourth-order valence-corrected chi connectivity index (χ4v) is 7.85. The highest BCUT2D eigenvalue weighted by Crippen LogP contribution is 2.37. The van der Waals surface area contributed by atoms with Crippen LogP contribution in [0.15, 0.2) is 61.1 Å². The Hall–Kier alpha value is -5.84. The van der Waals surface area contributed by atoms with E-state index < -0.39 is 23.8 Å². The van der Waals surface area contributed by atoms with Crippen molar-refractivity contribution in [2.75, 3.05) is 61.5 Å². The number of piperazine rings is 1. The number of aromatic nitrogens is 5. The summed E-state index contributed by atoms with van der Waals surface area (Å²) in [6.07, 6.45) is 3.05. The van der Waals surface area contributed by atoms with Crippen molar-refractivity contribution in [2.24, 2.45) is 5.92 Å². The van der Waals surface area contributed by atoms with Gasteiger partial charge in [-0.25, -0.2) is 19.7 Å². The van der Waals surface area contributed by atoms with Crippen LogP contribution in [-0.2, 0) is 11.0 Å². The minimum Gasteiger partial charge on any atom is -0.494 e. The number of anilines is 3. The number of hydrogen-bond acceptors (Lipinski definition) is 10. The Labute approximate surface area is 313 Å². The number of alkyl halides is 3. The molecule has 0 bridgehead atoms. The number of urea groups is 1. The van der Waals surface area contributed by atoms with Gasteiger partial charge < -0.3 is 15.0 Å². The van der Waals surface area contributed by atoms with Gasteiger partial charge in [-0.2, -0.15) is 18.3 Å². The van der Waals surface area contributed by atoms with Crippen LogP contribution in [0.4, 0.5) is 35.2 Å². The third kappa shape index (κ3) is 7.48. The van der Waals surface area contributed by atoms with E-state index >= 15 is 0 Å². The molecule has 5 aromatic rings. The fourth-order valence-electron chi connectivity index (χ4n) is 7.85. The summed E-state index contributed by atoms with van der Waals surface area (Å²) in [6.45, 7) is 4.81. The Morgan fingerprint density at radius 2 is 1.76 bits per heavy atom. The second-order valence-electron chi connectivity index (χ2n) is 14.2. The number of methoxy groups -OCH3 is 1. The van der Waals surface area contributed by atoms with Crippen LogP contribution in [0.2, 0.25) is 0 Å². The third-order valence-corrected chi connectivity index (χ3v) is 10.7. The van der Waals surface area contributed by atoms with E-state index in [4.69, 9.17) is 9.84 Å². The second-order valence-corrected chi connectivity index (χ2v) is 14.2. The predicted molar refractivity (Wildman–Crippen MR) is 198 cm³/mol. The average Bonchev–Trinajstić information content (AvgIpc) is 3.60. The maximum absolute atomic E-state index is 13.2. The summed E-state index contributed by atoms with van der Waals surface area (Å²) in [7, 11) is 1.45. The molecule has 0 unspecified atom stereocenters. The Morgan fingerprint density at radius 1 is 0.982 bits per heavy atom. The zero-order valence-corrected chi connectivity index (χ0v) is 30.1. The predicted octanol–water partition coefficient (Wildman–Crippen LogP) is 5.65. The molecular weight excluding hydrogens is 717 g/mol. The Morgan fingerprint density at radius 3 is 2.51 bits per heavy atom. The summed E-state index contributed by atoms with van der Waals surface area (Å²) in [6, 6.07) is 12.3. The van der Waals surface area contributed by atoms with Crippen molar-refractivity contribution in [3.05, 3.63) is 72.4 Å². The van der Waals surface area contributed by atoms with E-state index in [1.165, 1.54) is 24.4 Å². The molecule has 2 aliphatic heterocycles. The minimum atomic E-state index is -4.67. The van der Waals surface area contributed by atoms with Crippen LogP contribution in [-0.4, -0.2) is 93.9 Å². The van der Waals surface area contributed by atoms with E-state index in [2.05, 4.69) is 41.5 Å². The number of amides is 4. The van der Waals surface area contributed by atoms with Crippen molar-refractivity contribution in [1.29, 1.82) is 0 Å². The molecule has 0 radical (unpaired) electrons. The van der Waals surface area contributed by atoms with E-state index in [9.17, 15) is 27.6 Å². The number of halogens is 3. The molecule has 4 amide bonds. The van der Waals surface area contributed by atoms with Gasteiger partial charge in [0, 0.05) is 68.7 Å². The van der Waals surface area contributed by atoms with Crippen molar-refractivity contribution in [2.45, 2.75) is 44.3 Å². The normalized spacial score (nSPS) is 19.9. The molecule has 5 heterocycles. The molecule has 1 saturated carbocycles. The highest BCUT2D eigenvalue weighted by molar-refractivity contribution is 6.10. The summed E-state index contributed by atoms with van der Waals surface area (Å²) in [5, 5.41) is 11.4. The zero-order valence-electron chi connectivity index (χ0n) is 30.1. The number of carbonyl (C=O) groups excluding carboxylic acids is 3. The zero-order chi connectivity index (χ0) is 38.3. The first kappa shape index (κ1) is 36.2. The maximum Gasteiger partial charge on any atom is 0.433 e. The van der Waals surface area contributed by atoms with Gasteiger partial charge in [0.15, 0.2) is 0 Å². The standard InChI is InChI=1S/C38H39F3N10O4/c1-55-31-19-28-24(18-29(31)45-36(53)27-5-3-7-32(44-27)38(39,40)41)21-51(47-28)25-10-8-23(9-11-25)20-48-14-16-49(17-15-48)30-6-2-4-26-34(30)42-22-43-35(26)50-13-12-33(52)46-37(50)54/h2-7,18-19,21-23,25H,8-17,20H2,1H3,(H,45,53)(H,46,52,54). The number of ether oxygens (including phenoxy) is 1. The summed E-state index contributed by atoms with van der Waals surface area (Å²) in [4.78, 5) is 56.0. The number of nitrogens with one attached hydrogen (secondary N) is 2. The molecule has 3 fully saturated rings. The van der Waals surface area contributed by atoms with Gasteiger partial charge in [0.2, 0.25) is 5.91 Å². The van der Waals surface area contributed by atoms with Crippen LogP contribution < -0.4 is 25.2 Å². The Kier molecular flexibility index (Phi) is 9.71. The number of fused-ring (bicyclic) bond motifs is 2. The molecular formula is C38H39F3N10O4. The molecule has 17 heteroatoms. The topological polar surface area (TPSA) is 151 Å². The first-order valence-electron chi connectivity index (χ1n) is 18.3. The number of nitrogens with zero attached hydrogens (tertiary/aromatic N) is 8. The molecule has 2 N–H and O–H groups in total. The largest absolute Gasteiger partial charge is 0.494 e. The van der Waals surface area contributed by atoms with Crippen molar-refractivity contribution in [1.82, 2.24) is 34.9 Å². The van der Waals surface area contributed by atoms with Gasteiger partial charge >= 0.3 is 12.2 Å². The third-order valence-electron chi connectivity index (χ3n) is 10.7. The molecule has 3 aliphatic rings. The molecule has 0 atom stereocenters. The molecule has 1 aliphatic carbocycles. The highest BCUT2D eigenvalue weighted by atomic mass is 19.4. The van der Waals surface area contributed by atoms with Crippen LogP contribution in [0.25, 0.3) is 21.8 Å². The lowest BCUT2D eigenvalue weighted by Crippen LogP contribution is -2.50. The lowest BCUT2D eigenvalue weighted by molar-refractivity contribution is -0.141. The van der Waals surface area contributed by atoms with E-state index in [1.54, 1.807) is 12.1 Å². The number of para-hydroxylation sites is 1. The fraction of sp³-hybridized carbons (Fsp3) is 0.395. The maximum atomic E-state index is 13.2. The summed E-state index contributed by atoms with van der Waals surface area (Å²) in [5.41, 5.74) is 1.29. The van der Waals surface area contributed by atoms with E-state index in [-0.39, 0.29) is 30.6 Å². The molecule has 2 saturated heterocycles. The summed E-state index contributed by atoms with van der Waals surface area (Å²) < 4.78 is 47.0. The molecule has 55 heavy (non-hydrogen) atoms. The van der Waals surface area contributed by atoms with Gasteiger partial charge in [-0.05, 0) is 61.9 Å². The van der Waals surface area contributed by atoms with Crippen LogP contribution in [0.3, 0.4) is 0 Å². The number of rotatable bonds is 8. The van der Waals surface area contributed by atoms with Crippen molar-refractivity contribution in [3.8, 4) is 5.75 Å². The highest BCUT2D eigenvalue weighted by Gasteiger charge is 2.33. The average molecular weight is 757 g/mol. The SMILES string of the molecule is COc1cc2nn(C3CCC(CN4CCN(c5cccc6c(N7CCC(=O)NC7=O)ncnc56)CC4)CC3)cc2cc1NC(=O)c1cccc(C(F)(F)F)n1. The van der Waals surface area contributed by atoms with Gasteiger partial charge in [-0.15, -0.1) is 0 Å². The first-order chi connectivity index (χ1) is 26.5. The number of benzene rings is 2. The lowest BCUT2D eigenvalue weighted by Gasteiger charge is -2.39. The van der Waals surface area contributed by atoms with Gasteiger partial charge in [-0.3, -0.25) is 29.4 Å². The summed E-state index contributed by atoms with van der Waals surface area (Å²) in [5.74, 6) is 0.331. The van der Waals surface area contributed by atoms with Crippen LogP contribution in [0, 0.1) is 5.92 Å². The second kappa shape index (κ2) is 14.8. The molecule has 286 valence electrons. The smallest absolute Gasteiger partial charge is 0.433 e. The molecule has 2 aromatic carbocycles. The quantitative estimate of drug-likeness (QED) is 0.203. The van der Waals surface area contributed by atoms with Gasteiger partial charge in [-0.1, -0.05) is 12.1 Å².